The highest BCUT2D eigenvalue weighted by atomic mass is 79.9. The quantitative estimate of drug-likeness (QED) is 0.838. The maximum atomic E-state index is 12.5. The molecule has 2 aromatic rings. The monoisotopic (exact) mass is 388 g/mol. The second-order valence-corrected chi connectivity index (χ2v) is 7.57. The first kappa shape index (κ1) is 16.3. The molecule has 0 amide bonds. The van der Waals surface area contributed by atoms with Gasteiger partial charge in [0.15, 0.2) is 0 Å². The number of anilines is 1. The largest absolute Gasteiger partial charge is 0.326 e. The van der Waals surface area contributed by atoms with E-state index in [0.29, 0.717) is 11.3 Å². The fraction of sp³-hybridized carbons (Fsp3) is 0.143. The summed E-state index contributed by atoms with van der Waals surface area (Å²) in [6.45, 7) is 2.13. The molecule has 112 valence electrons. The van der Waals surface area contributed by atoms with Gasteiger partial charge in [0.1, 0.15) is 4.90 Å². The zero-order valence-corrected chi connectivity index (χ0v) is 14.4. The van der Waals surface area contributed by atoms with Crippen molar-refractivity contribution in [3.63, 3.8) is 0 Å². The van der Waals surface area contributed by atoms with Gasteiger partial charge in [0.05, 0.1) is 10.7 Å². The van der Waals surface area contributed by atoms with Crippen LogP contribution in [0.5, 0.6) is 0 Å². The molecule has 0 unspecified atom stereocenters. The van der Waals surface area contributed by atoms with Crippen LogP contribution in [0.1, 0.15) is 11.1 Å². The van der Waals surface area contributed by atoms with Gasteiger partial charge in [-0.25, -0.2) is 8.42 Å². The first-order valence-electron chi connectivity index (χ1n) is 6.10. The van der Waals surface area contributed by atoms with E-state index in [2.05, 4.69) is 20.7 Å². The second kappa shape index (κ2) is 6.36. The van der Waals surface area contributed by atoms with Crippen LogP contribution in [-0.2, 0) is 16.6 Å². The molecule has 0 aliphatic rings. The van der Waals surface area contributed by atoms with Gasteiger partial charge in [-0.2, -0.15) is 0 Å². The SMILES string of the molecule is Cc1cc(Br)cc(NS(=O)(=O)c2cc(CN)ccc2Cl)c1. The maximum absolute atomic E-state index is 12.5. The minimum atomic E-state index is -3.77. The van der Waals surface area contributed by atoms with Crippen molar-refractivity contribution in [2.45, 2.75) is 18.4 Å². The van der Waals surface area contributed by atoms with Gasteiger partial charge in [0, 0.05) is 11.0 Å². The van der Waals surface area contributed by atoms with Crippen LogP contribution in [0.3, 0.4) is 0 Å². The molecule has 7 heteroatoms. The van der Waals surface area contributed by atoms with E-state index < -0.39 is 10.0 Å². The van der Waals surface area contributed by atoms with Gasteiger partial charge in [-0.15, -0.1) is 0 Å². The Morgan fingerprint density at radius 3 is 2.57 bits per heavy atom. The molecule has 0 atom stereocenters. The molecule has 0 aliphatic heterocycles. The summed E-state index contributed by atoms with van der Waals surface area (Å²) in [6, 6.07) is 10.0. The van der Waals surface area contributed by atoms with Gasteiger partial charge >= 0.3 is 0 Å². The first-order chi connectivity index (χ1) is 9.81. The van der Waals surface area contributed by atoms with Crippen molar-refractivity contribution in [3.05, 3.63) is 57.0 Å². The molecule has 0 aromatic heterocycles. The highest BCUT2D eigenvalue weighted by Crippen LogP contribution is 2.26. The number of nitrogens with one attached hydrogen (secondary N) is 1. The lowest BCUT2D eigenvalue weighted by molar-refractivity contribution is 0.601. The summed E-state index contributed by atoms with van der Waals surface area (Å²) >= 11 is 9.33. The van der Waals surface area contributed by atoms with Gasteiger partial charge in [0.25, 0.3) is 10.0 Å². The van der Waals surface area contributed by atoms with E-state index in [1.165, 1.54) is 12.1 Å². The highest BCUT2D eigenvalue weighted by molar-refractivity contribution is 9.10. The molecule has 2 aromatic carbocycles. The molecule has 0 spiro atoms. The summed E-state index contributed by atoms with van der Waals surface area (Å²) in [5.74, 6) is 0. The van der Waals surface area contributed by atoms with Crippen LogP contribution < -0.4 is 10.5 Å². The molecular formula is C14H14BrClN2O2S. The highest BCUT2D eigenvalue weighted by Gasteiger charge is 2.18. The molecule has 0 saturated heterocycles. The Morgan fingerprint density at radius 2 is 1.95 bits per heavy atom. The molecule has 0 bridgehead atoms. The summed E-state index contributed by atoms with van der Waals surface area (Å²) < 4.78 is 28.2. The Bertz CT molecular complexity index is 758. The average molecular weight is 390 g/mol. The lowest BCUT2D eigenvalue weighted by Gasteiger charge is -2.11. The topological polar surface area (TPSA) is 72.2 Å². The molecule has 0 fully saturated rings. The van der Waals surface area contributed by atoms with Gasteiger partial charge in [-0.3, -0.25) is 4.72 Å². The van der Waals surface area contributed by atoms with Crippen molar-refractivity contribution < 1.29 is 8.42 Å². The zero-order chi connectivity index (χ0) is 15.6. The Kier molecular flexibility index (Phi) is 4.93. The molecule has 21 heavy (non-hydrogen) atoms. The minimum absolute atomic E-state index is 0.0183. The number of rotatable bonds is 4. The third-order valence-electron chi connectivity index (χ3n) is 2.82. The number of benzene rings is 2. The van der Waals surface area contributed by atoms with Crippen molar-refractivity contribution >= 4 is 43.2 Å². The van der Waals surface area contributed by atoms with Crippen molar-refractivity contribution in [3.8, 4) is 0 Å². The van der Waals surface area contributed by atoms with E-state index in [0.717, 1.165) is 10.0 Å². The molecule has 4 nitrogen and oxygen atoms in total. The normalized spacial score (nSPS) is 11.4. The van der Waals surface area contributed by atoms with Crippen LogP contribution in [0.2, 0.25) is 5.02 Å². The van der Waals surface area contributed by atoms with Gasteiger partial charge in [0.2, 0.25) is 0 Å². The van der Waals surface area contributed by atoms with E-state index in [9.17, 15) is 8.42 Å². The van der Waals surface area contributed by atoms with Crippen LogP contribution in [0.25, 0.3) is 0 Å². The summed E-state index contributed by atoms with van der Waals surface area (Å²) in [6.07, 6.45) is 0. The van der Waals surface area contributed by atoms with Crippen LogP contribution >= 0.6 is 27.5 Å². The number of aryl methyl sites for hydroxylation is 1. The Labute approximate surface area is 137 Å². The lowest BCUT2D eigenvalue weighted by atomic mass is 10.2. The van der Waals surface area contributed by atoms with E-state index in [1.54, 1.807) is 18.2 Å². The number of nitrogens with two attached hydrogens (primary N) is 1. The standard InChI is InChI=1S/C14H14BrClN2O2S/c1-9-4-11(15)7-12(5-9)18-21(19,20)14-6-10(8-17)2-3-13(14)16/h2-7,18H,8,17H2,1H3. The van der Waals surface area contributed by atoms with Crippen LogP contribution in [0.15, 0.2) is 45.8 Å². The summed E-state index contributed by atoms with van der Waals surface area (Å²) in [7, 11) is -3.77. The summed E-state index contributed by atoms with van der Waals surface area (Å²) in [5.41, 5.74) is 7.64. The fourth-order valence-corrected chi connectivity index (χ4v) is 4.09. The molecule has 0 heterocycles. The molecule has 3 N–H and O–H groups in total. The predicted molar refractivity (Wildman–Crippen MR) is 89.0 cm³/mol. The van der Waals surface area contributed by atoms with E-state index in [1.807, 2.05) is 13.0 Å². The summed E-state index contributed by atoms with van der Waals surface area (Å²) in [4.78, 5) is 0.0183. The molecule has 0 radical (unpaired) electrons. The smallest absolute Gasteiger partial charge is 0.263 e. The predicted octanol–water partition coefficient (Wildman–Crippen LogP) is 3.67. The fourth-order valence-electron chi connectivity index (χ4n) is 1.89. The van der Waals surface area contributed by atoms with E-state index in [4.69, 9.17) is 17.3 Å². The summed E-state index contributed by atoms with van der Waals surface area (Å²) in [5, 5.41) is 0.159. The molecule has 0 aliphatic carbocycles. The van der Waals surface area contributed by atoms with Crippen LogP contribution in [0.4, 0.5) is 5.69 Å². The van der Waals surface area contributed by atoms with Gasteiger partial charge in [-0.1, -0.05) is 33.6 Å². The van der Waals surface area contributed by atoms with Crippen molar-refractivity contribution in [1.82, 2.24) is 0 Å². The third-order valence-corrected chi connectivity index (χ3v) is 5.14. The first-order valence-corrected chi connectivity index (χ1v) is 8.76. The molecule has 2 rings (SSSR count). The maximum Gasteiger partial charge on any atom is 0.263 e. The van der Waals surface area contributed by atoms with Crippen molar-refractivity contribution in [2.24, 2.45) is 5.73 Å². The second-order valence-electron chi connectivity index (χ2n) is 4.59. The minimum Gasteiger partial charge on any atom is -0.326 e. The number of hydrogen-bond acceptors (Lipinski definition) is 3. The van der Waals surface area contributed by atoms with E-state index in [-0.39, 0.29) is 16.5 Å². The Hall–Kier alpha value is -1.08. The zero-order valence-electron chi connectivity index (χ0n) is 11.2. The Balaban J connectivity index is 2.42. The van der Waals surface area contributed by atoms with Crippen LogP contribution in [-0.4, -0.2) is 8.42 Å². The number of sulfonamides is 1. The van der Waals surface area contributed by atoms with Crippen molar-refractivity contribution in [1.29, 1.82) is 0 Å². The Morgan fingerprint density at radius 1 is 1.24 bits per heavy atom. The van der Waals surface area contributed by atoms with Gasteiger partial charge in [-0.05, 0) is 48.4 Å². The number of halogens is 2. The number of hydrogen-bond donors (Lipinski definition) is 2. The third kappa shape index (κ3) is 3.97. The average Bonchev–Trinajstić information content (AvgIpc) is 2.37. The lowest BCUT2D eigenvalue weighted by Crippen LogP contribution is -2.14. The molecular weight excluding hydrogens is 376 g/mol. The van der Waals surface area contributed by atoms with Gasteiger partial charge < -0.3 is 5.73 Å². The van der Waals surface area contributed by atoms with E-state index >= 15 is 0 Å². The van der Waals surface area contributed by atoms with Crippen molar-refractivity contribution in [2.75, 3.05) is 4.72 Å². The van der Waals surface area contributed by atoms with Crippen LogP contribution in [0, 0.1) is 6.92 Å². The molecule has 0 saturated carbocycles.